The molecule has 1 amide bonds. The summed E-state index contributed by atoms with van der Waals surface area (Å²) in [6, 6.07) is 6.91. The molecule has 0 spiro atoms. The molecule has 0 aliphatic heterocycles. The number of nitrogens with zero attached hydrogens (tertiary/aromatic N) is 1. The highest BCUT2D eigenvalue weighted by Gasteiger charge is 2.14. The maximum atomic E-state index is 13.3. The number of aryl methyl sites for hydroxylation is 2. The quantitative estimate of drug-likeness (QED) is 0.904. The van der Waals surface area contributed by atoms with Gasteiger partial charge in [0, 0.05) is 12.2 Å². The predicted molar refractivity (Wildman–Crippen MR) is 82.2 cm³/mol. The number of aromatic nitrogens is 1. The van der Waals surface area contributed by atoms with E-state index in [1.165, 1.54) is 6.07 Å². The minimum atomic E-state index is -0.539. The molecule has 0 bridgehead atoms. The minimum Gasteiger partial charge on any atom is -0.370 e. The van der Waals surface area contributed by atoms with Gasteiger partial charge in [-0.1, -0.05) is 17.7 Å². The van der Waals surface area contributed by atoms with Crippen LogP contribution in [0.1, 0.15) is 28.4 Å². The SMILES string of the molecule is CCNc1ncc(F)cc1C(=O)Nc1ccc(C)cc1C. The van der Waals surface area contributed by atoms with Gasteiger partial charge in [-0.2, -0.15) is 0 Å². The second-order valence-electron chi connectivity index (χ2n) is 4.85. The summed E-state index contributed by atoms with van der Waals surface area (Å²) in [7, 11) is 0. The van der Waals surface area contributed by atoms with Crippen LogP contribution in [0.2, 0.25) is 0 Å². The summed E-state index contributed by atoms with van der Waals surface area (Å²) in [6.45, 7) is 6.38. The van der Waals surface area contributed by atoms with E-state index in [1.807, 2.05) is 39.0 Å². The van der Waals surface area contributed by atoms with Gasteiger partial charge in [0.15, 0.2) is 0 Å². The Bertz CT molecular complexity index is 671. The van der Waals surface area contributed by atoms with Crippen molar-refractivity contribution in [2.24, 2.45) is 0 Å². The van der Waals surface area contributed by atoms with Crippen LogP contribution in [0, 0.1) is 19.7 Å². The molecular weight excluding hydrogens is 269 g/mol. The Balaban J connectivity index is 2.29. The Hall–Kier alpha value is -2.43. The van der Waals surface area contributed by atoms with Crippen molar-refractivity contribution in [1.82, 2.24) is 4.98 Å². The molecule has 2 N–H and O–H groups in total. The van der Waals surface area contributed by atoms with Gasteiger partial charge in [0.2, 0.25) is 0 Å². The van der Waals surface area contributed by atoms with Crippen LogP contribution in [0.25, 0.3) is 0 Å². The first-order valence-electron chi connectivity index (χ1n) is 6.79. The Labute approximate surface area is 123 Å². The van der Waals surface area contributed by atoms with E-state index in [0.717, 1.165) is 17.3 Å². The van der Waals surface area contributed by atoms with Gasteiger partial charge in [-0.15, -0.1) is 0 Å². The second kappa shape index (κ2) is 6.35. The molecule has 1 heterocycles. The number of anilines is 2. The molecule has 0 aliphatic carbocycles. The summed E-state index contributed by atoms with van der Waals surface area (Å²) in [4.78, 5) is 16.3. The molecule has 2 aromatic rings. The van der Waals surface area contributed by atoms with Crippen LogP contribution in [0.3, 0.4) is 0 Å². The molecule has 0 saturated heterocycles. The summed E-state index contributed by atoms with van der Waals surface area (Å²) in [5.74, 6) is -0.548. The molecule has 0 unspecified atom stereocenters. The van der Waals surface area contributed by atoms with Crippen molar-refractivity contribution in [2.75, 3.05) is 17.2 Å². The lowest BCUT2D eigenvalue weighted by Gasteiger charge is -2.12. The van der Waals surface area contributed by atoms with Crippen LogP contribution in [0.4, 0.5) is 15.9 Å². The van der Waals surface area contributed by atoms with E-state index < -0.39 is 5.82 Å². The zero-order valence-corrected chi connectivity index (χ0v) is 12.3. The standard InChI is InChI=1S/C16H18FN3O/c1-4-18-15-13(8-12(17)9-19-15)16(21)20-14-6-5-10(2)7-11(14)3/h5-9H,4H2,1-3H3,(H,18,19)(H,20,21). The number of halogens is 1. The summed E-state index contributed by atoms with van der Waals surface area (Å²) in [5.41, 5.74) is 2.97. The molecule has 21 heavy (non-hydrogen) atoms. The zero-order chi connectivity index (χ0) is 15.4. The van der Waals surface area contributed by atoms with E-state index in [4.69, 9.17) is 0 Å². The first-order chi connectivity index (χ1) is 10.0. The highest BCUT2D eigenvalue weighted by Crippen LogP contribution is 2.19. The molecule has 1 aromatic carbocycles. The van der Waals surface area contributed by atoms with Gasteiger partial charge in [0.1, 0.15) is 11.6 Å². The maximum Gasteiger partial charge on any atom is 0.259 e. The second-order valence-corrected chi connectivity index (χ2v) is 4.85. The van der Waals surface area contributed by atoms with Crippen LogP contribution < -0.4 is 10.6 Å². The van der Waals surface area contributed by atoms with E-state index in [-0.39, 0.29) is 11.5 Å². The molecule has 0 atom stereocenters. The molecule has 0 saturated carbocycles. The summed E-state index contributed by atoms with van der Waals surface area (Å²) in [5, 5.41) is 5.75. The number of nitrogens with one attached hydrogen (secondary N) is 2. The highest BCUT2D eigenvalue weighted by atomic mass is 19.1. The van der Waals surface area contributed by atoms with Crippen LogP contribution in [0.15, 0.2) is 30.5 Å². The average Bonchev–Trinajstić information content (AvgIpc) is 2.44. The Morgan fingerprint density at radius 3 is 2.71 bits per heavy atom. The van der Waals surface area contributed by atoms with Crippen LogP contribution in [-0.2, 0) is 0 Å². The third kappa shape index (κ3) is 3.56. The van der Waals surface area contributed by atoms with E-state index >= 15 is 0 Å². The van der Waals surface area contributed by atoms with Crippen LogP contribution in [0.5, 0.6) is 0 Å². The largest absolute Gasteiger partial charge is 0.370 e. The fourth-order valence-corrected chi connectivity index (χ4v) is 2.06. The molecule has 0 radical (unpaired) electrons. The van der Waals surface area contributed by atoms with Crippen LogP contribution in [-0.4, -0.2) is 17.4 Å². The fourth-order valence-electron chi connectivity index (χ4n) is 2.06. The fraction of sp³-hybridized carbons (Fsp3) is 0.250. The van der Waals surface area contributed by atoms with Gasteiger partial charge in [-0.3, -0.25) is 4.79 Å². The van der Waals surface area contributed by atoms with E-state index in [9.17, 15) is 9.18 Å². The summed E-state index contributed by atoms with van der Waals surface area (Å²) >= 11 is 0. The molecule has 0 aliphatic rings. The number of benzene rings is 1. The Morgan fingerprint density at radius 2 is 2.05 bits per heavy atom. The van der Waals surface area contributed by atoms with Gasteiger partial charge in [0.05, 0.1) is 11.8 Å². The lowest BCUT2D eigenvalue weighted by atomic mass is 10.1. The summed E-state index contributed by atoms with van der Waals surface area (Å²) in [6.07, 6.45) is 1.09. The molecule has 2 rings (SSSR count). The number of rotatable bonds is 4. The van der Waals surface area contributed by atoms with Crippen molar-refractivity contribution in [3.63, 3.8) is 0 Å². The van der Waals surface area contributed by atoms with Crippen molar-refractivity contribution in [3.05, 3.63) is 53.0 Å². The Morgan fingerprint density at radius 1 is 1.29 bits per heavy atom. The molecule has 110 valence electrons. The third-order valence-corrected chi connectivity index (χ3v) is 3.07. The monoisotopic (exact) mass is 287 g/mol. The molecular formula is C16H18FN3O. The maximum absolute atomic E-state index is 13.3. The van der Waals surface area contributed by atoms with E-state index in [1.54, 1.807) is 0 Å². The number of hydrogen-bond acceptors (Lipinski definition) is 3. The van der Waals surface area contributed by atoms with Crippen molar-refractivity contribution in [3.8, 4) is 0 Å². The van der Waals surface area contributed by atoms with Gasteiger partial charge >= 0.3 is 0 Å². The van der Waals surface area contributed by atoms with Crippen molar-refractivity contribution in [2.45, 2.75) is 20.8 Å². The molecule has 4 nitrogen and oxygen atoms in total. The van der Waals surface area contributed by atoms with Gasteiger partial charge in [-0.05, 0) is 38.5 Å². The lowest BCUT2D eigenvalue weighted by molar-refractivity contribution is 0.102. The smallest absolute Gasteiger partial charge is 0.259 e. The number of amides is 1. The predicted octanol–water partition coefficient (Wildman–Crippen LogP) is 3.52. The Kier molecular flexibility index (Phi) is 4.52. The van der Waals surface area contributed by atoms with Gasteiger partial charge in [0.25, 0.3) is 5.91 Å². The zero-order valence-electron chi connectivity index (χ0n) is 12.3. The average molecular weight is 287 g/mol. The number of carbonyl (C=O) groups is 1. The first kappa shape index (κ1) is 15.0. The third-order valence-electron chi connectivity index (χ3n) is 3.07. The molecule has 0 fully saturated rings. The van der Waals surface area contributed by atoms with E-state index in [0.29, 0.717) is 18.1 Å². The van der Waals surface area contributed by atoms with Gasteiger partial charge < -0.3 is 10.6 Å². The molecule has 1 aromatic heterocycles. The number of pyridine rings is 1. The topological polar surface area (TPSA) is 54.0 Å². The lowest BCUT2D eigenvalue weighted by Crippen LogP contribution is -2.16. The number of carbonyl (C=O) groups excluding carboxylic acids is 1. The van der Waals surface area contributed by atoms with E-state index in [2.05, 4.69) is 15.6 Å². The number of hydrogen-bond donors (Lipinski definition) is 2. The summed E-state index contributed by atoms with van der Waals surface area (Å²) < 4.78 is 13.3. The first-order valence-corrected chi connectivity index (χ1v) is 6.79. The highest BCUT2D eigenvalue weighted by molar-refractivity contribution is 6.07. The van der Waals surface area contributed by atoms with Crippen molar-refractivity contribution >= 4 is 17.4 Å². The van der Waals surface area contributed by atoms with Gasteiger partial charge in [-0.25, -0.2) is 9.37 Å². The van der Waals surface area contributed by atoms with Crippen LogP contribution >= 0.6 is 0 Å². The van der Waals surface area contributed by atoms with Crippen molar-refractivity contribution < 1.29 is 9.18 Å². The minimum absolute atomic E-state index is 0.192. The molecule has 5 heteroatoms. The van der Waals surface area contributed by atoms with Crippen molar-refractivity contribution in [1.29, 1.82) is 0 Å². The normalized spacial score (nSPS) is 10.3.